The number of carbonyl (C=O) groups is 1. The van der Waals surface area contributed by atoms with Crippen LogP contribution in [-0.4, -0.2) is 47.8 Å². The van der Waals surface area contributed by atoms with Crippen molar-refractivity contribution < 1.29 is 9.90 Å². The summed E-state index contributed by atoms with van der Waals surface area (Å²) in [5.41, 5.74) is -0.844. The van der Waals surface area contributed by atoms with Crippen LogP contribution in [0.1, 0.15) is 13.8 Å². The molecule has 0 radical (unpaired) electrons. The lowest BCUT2D eigenvalue weighted by atomic mass is 10.1. The van der Waals surface area contributed by atoms with Gasteiger partial charge in [0.1, 0.15) is 5.54 Å². The zero-order valence-electron chi connectivity index (χ0n) is 7.75. The number of carboxylic acids is 1. The van der Waals surface area contributed by atoms with Crippen LogP contribution in [0.3, 0.4) is 0 Å². The minimum Gasteiger partial charge on any atom is -0.480 e. The molecule has 0 aromatic carbocycles. The molecule has 0 heterocycles. The van der Waals surface area contributed by atoms with E-state index in [4.69, 9.17) is 5.11 Å². The van der Waals surface area contributed by atoms with Crippen molar-refractivity contribution in [3.63, 3.8) is 0 Å². The maximum absolute atomic E-state index is 10.7. The summed E-state index contributed by atoms with van der Waals surface area (Å²) in [6.45, 7) is 3.32. The van der Waals surface area contributed by atoms with Crippen LogP contribution >= 0.6 is 0 Å². The predicted molar refractivity (Wildman–Crippen MR) is 43.2 cm³/mol. The number of aliphatic carboxylic acids is 1. The van der Waals surface area contributed by atoms with E-state index < -0.39 is 11.5 Å². The van der Waals surface area contributed by atoms with Crippen LogP contribution in [-0.2, 0) is 4.79 Å². The van der Waals surface area contributed by atoms with Crippen LogP contribution in [0.25, 0.3) is 0 Å². The molecule has 0 amide bonds. The highest BCUT2D eigenvalue weighted by Crippen LogP contribution is 2.12. The van der Waals surface area contributed by atoms with E-state index in [1.165, 1.54) is 0 Å². The molecular formula is C7H16N2O2. The standard InChI is InChI=1S/C7H16N2O2/c1-7(2,6(10)11)9(5)8(3)4/h1-5H3,(H,10,11). The van der Waals surface area contributed by atoms with Crippen LogP contribution in [0, 0.1) is 0 Å². The summed E-state index contributed by atoms with van der Waals surface area (Å²) in [7, 11) is 5.36. The van der Waals surface area contributed by atoms with Crippen molar-refractivity contribution >= 4 is 5.97 Å². The summed E-state index contributed by atoms with van der Waals surface area (Å²) >= 11 is 0. The van der Waals surface area contributed by atoms with Gasteiger partial charge in [-0.3, -0.25) is 4.79 Å². The molecule has 0 aromatic rings. The highest BCUT2D eigenvalue weighted by Gasteiger charge is 2.33. The summed E-state index contributed by atoms with van der Waals surface area (Å²) in [6.07, 6.45) is 0. The van der Waals surface area contributed by atoms with Crippen molar-refractivity contribution in [3.05, 3.63) is 0 Å². The number of nitrogens with zero attached hydrogens (tertiary/aromatic N) is 2. The quantitative estimate of drug-likeness (QED) is 0.601. The van der Waals surface area contributed by atoms with Crippen molar-refractivity contribution in [2.75, 3.05) is 21.1 Å². The highest BCUT2D eigenvalue weighted by molar-refractivity contribution is 5.77. The number of carboxylic acid groups (broad SMARTS) is 1. The Bertz CT molecular complexity index is 155. The Hall–Kier alpha value is -0.610. The summed E-state index contributed by atoms with van der Waals surface area (Å²) < 4.78 is 0. The number of rotatable bonds is 3. The van der Waals surface area contributed by atoms with Crippen molar-refractivity contribution in [3.8, 4) is 0 Å². The predicted octanol–water partition coefficient (Wildman–Crippen LogP) is 0.258. The zero-order chi connectivity index (χ0) is 9.23. The van der Waals surface area contributed by atoms with E-state index in [1.54, 1.807) is 30.9 Å². The van der Waals surface area contributed by atoms with Crippen molar-refractivity contribution in [2.24, 2.45) is 0 Å². The van der Waals surface area contributed by atoms with Crippen LogP contribution in [0.15, 0.2) is 0 Å². The maximum atomic E-state index is 10.7. The molecule has 0 bridgehead atoms. The molecule has 11 heavy (non-hydrogen) atoms. The van der Waals surface area contributed by atoms with Gasteiger partial charge in [-0.05, 0) is 13.8 Å². The third-order valence-electron chi connectivity index (χ3n) is 1.93. The highest BCUT2D eigenvalue weighted by atomic mass is 16.4. The first kappa shape index (κ1) is 10.4. The average Bonchev–Trinajstić information content (AvgIpc) is 1.85. The number of likely N-dealkylation sites (N-methyl/N-ethyl adjacent to an activating group) is 1. The van der Waals surface area contributed by atoms with E-state index in [2.05, 4.69) is 0 Å². The second kappa shape index (κ2) is 3.19. The number of hydrazine groups is 1. The van der Waals surface area contributed by atoms with Gasteiger partial charge in [0.15, 0.2) is 0 Å². The topological polar surface area (TPSA) is 43.8 Å². The largest absolute Gasteiger partial charge is 0.480 e. The number of hydrogen-bond donors (Lipinski definition) is 1. The van der Waals surface area contributed by atoms with Crippen molar-refractivity contribution in [1.29, 1.82) is 0 Å². The number of hydrogen-bond acceptors (Lipinski definition) is 3. The summed E-state index contributed by atoms with van der Waals surface area (Å²) in [5, 5.41) is 12.2. The van der Waals surface area contributed by atoms with Crippen molar-refractivity contribution in [1.82, 2.24) is 10.0 Å². The smallest absolute Gasteiger partial charge is 0.324 e. The van der Waals surface area contributed by atoms with Gasteiger partial charge < -0.3 is 5.11 Å². The molecule has 0 saturated heterocycles. The van der Waals surface area contributed by atoms with Gasteiger partial charge in [-0.25, -0.2) is 10.0 Å². The summed E-state index contributed by atoms with van der Waals surface area (Å²) in [5.74, 6) is -0.825. The first-order valence-electron chi connectivity index (χ1n) is 3.44. The molecule has 0 saturated carbocycles. The Balaban J connectivity index is 4.42. The second-order valence-electron chi connectivity index (χ2n) is 3.23. The maximum Gasteiger partial charge on any atom is 0.324 e. The van der Waals surface area contributed by atoms with E-state index in [0.29, 0.717) is 0 Å². The Morgan fingerprint density at radius 2 is 1.64 bits per heavy atom. The third-order valence-corrected chi connectivity index (χ3v) is 1.93. The minimum atomic E-state index is -0.844. The van der Waals surface area contributed by atoms with Crippen LogP contribution < -0.4 is 0 Å². The van der Waals surface area contributed by atoms with E-state index in [9.17, 15) is 4.79 Å². The van der Waals surface area contributed by atoms with Crippen LogP contribution in [0.4, 0.5) is 0 Å². The lowest BCUT2D eigenvalue weighted by Crippen LogP contribution is -2.53. The Labute approximate surface area is 67.4 Å². The van der Waals surface area contributed by atoms with Gasteiger partial charge in [0, 0.05) is 21.1 Å². The molecule has 4 heteroatoms. The van der Waals surface area contributed by atoms with Gasteiger partial charge in [0.05, 0.1) is 0 Å². The van der Waals surface area contributed by atoms with Gasteiger partial charge in [-0.2, -0.15) is 0 Å². The molecule has 66 valence electrons. The molecule has 0 aromatic heterocycles. The lowest BCUT2D eigenvalue weighted by molar-refractivity contribution is -0.158. The molecule has 0 aliphatic heterocycles. The van der Waals surface area contributed by atoms with Crippen molar-refractivity contribution in [2.45, 2.75) is 19.4 Å². The fourth-order valence-corrected chi connectivity index (χ4v) is 0.638. The lowest BCUT2D eigenvalue weighted by Gasteiger charge is -2.35. The molecule has 0 spiro atoms. The normalized spacial score (nSPS) is 12.6. The fourth-order valence-electron chi connectivity index (χ4n) is 0.638. The summed E-state index contributed by atoms with van der Waals surface area (Å²) in [4.78, 5) is 10.7. The first-order valence-corrected chi connectivity index (χ1v) is 3.44. The van der Waals surface area contributed by atoms with Gasteiger partial charge in [0.25, 0.3) is 0 Å². The first-order chi connectivity index (χ1) is 4.80. The van der Waals surface area contributed by atoms with Gasteiger partial charge >= 0.3 is 5.97 Å². The molecule has 0 aliphatic carbocycles. The molecular weight excluding hydrogens is 144 g/mol. The fraction of sp³-hybridized carbons (Fsp3) is 0.857. The molecule has 0 fully saturated rings. The van der Waals surface area contributed by atoms with E-state index in [-0.39, 0.29) is 0 Å². The monoisotopic (exact) mass is 160 g/mol. The van der Waals surface area contributed by atoms with E-state index in [1.807, 2.05) is 14.1 Å². The SMILES string of the molecule is CN(C)N(C)C(C)(C)C(=O)O. The molecule has 4 nitrogen and oxygen atoms in total. The molecule has 0 rings (SSSR count). The second-order valence-corrected chi connectivity index (χ2v) is 3.23. The molecule has 0 atom stereocenters. The molecule has 1 N–H and O–H groups in total. The Morgan fingerprint density at radius 1 is 1.27 bits per heavy atom. The summed E-state index contributed by atoms with van der Waals surface area (Å²) in [6, 6.07) is 0. The van der Waals surface area contributed by atoms with Crippen LogP contribution in [0.2, 0.25) is 0 Å². The van der Waals surface area contributed by atoms with E-state index >= 15 is 0 Å². The zero-order valence-corrected chi connectivity index (χ0v) is 7.75. The Kier molecular flexibility index (Phi) is 3.02. The van der Waals surface area contributed by atoms with Crippen LogP contribution in [0.5, 0.6) is 0 Å². The van der Waals surface area contributed by atoms with E-state index in [0.717, 1.165) is 0 Å². The van der Waals surface area contributed by atoms with Gasteiger partial charge in [-0.1, -0.05) is 0 Å². The average molecular weight is 160 g/mol. The van der Waals surface area contributed by atoms with Gasteiger partial charge in [-0.15, -0.1) is 0 Å². The molecule has 0 unspecified atom stereocenters. The molecule has 0 aliphatic rings. The Morgan fingerprint density at radius 3 is 1.73 bits per heavy atom. The third kappa shape index (κ3) is 2.17. The van der Waals surface area contributed by atoms with Gasteiger partial charge in [0.2, 0.25) is 0 Å². The minimum absolute atomic E-state index is 0.825.